The van der Waals surface area contributed by atoms with Crippen molar-refractivity contribution < 1.29 is 13.8 Å². The highest BCUT2D eigenvalue weighted by Gasteiger charge is 2.51. The topological polar surface area (TPSA) is 121 Å². The van der Waals surface area contributed by atoms with Crippen LogP contribution in [0.25, 0.3) is 11.4 Å². The number of aliphatic hydroxyl groups is 1. The van der Waals surface area contributed by atoms with E-state index in [1.54, 1.807) is 12.4 Å². The van der Waals surface area contributed by atoms with E-state index in [0.29, 0.717) is 40.6 Å². The molecule has 1 N–H and O–H groups in total. The fraction of sp³-hybridized carbons (Fsp3) is 0.522. The fourth-order valence-electron chi connectivity index (χ4n) is 5.00. The fourth-order valence-corrected chi connectivity index (χ4v) is 6.34. The molecule has 178 valence electrons. The van der Waals surface area contributed by atoms with Crippen LogP contribution in [0.3, 0.4) is 0 Å². The minimum absolute atomic E-state index is 0.00213. The quantitative estimate of drug-likeness (QED) is 0.542. The lowest BCUT2D eigenvalue weighted by Crippen LogP contribution is -2.34. The Morgan fingerprint density at radius 2 is 1.91 bits per heavy atom. The molecule has 2 saturated heterocycles. The number of pyridine rings is 1. The predicted molar refractivity (Wildman–Crippen MR) is 126 cm³/mol. The first-order chi connectivity index (χ1) is 16.5. The second-order valence-corrected chi connectivity index (χ2v) is 10.9. The van der Waals surface area contributed by atoms with Crippen LogP contribution in [0.1, 0.15) is 44.2 Å². The predicted octanol–water partition coefficient (Wildman–Crippen LogP) is 2.13. The van der Waals surface area contributed by atoms with Crippen LogP contribution in [0.15, 0.2) is 33.9 Å². The molecule has 10 nitrogen and oxygen atoms in total. The minimum atomic E-state index is -1.12. The van der Waals surface area contributed by atoms with E-state index in [4.69, 9.17) is 14.5 Å². The van der Waals surface area contributed by atoms with Gasteiger partial charge >= 0.3 is 0 Å². The normalized spacial score (nSPS) is 24.6. The van der Waals surface area contributed by atoms with Crippen molar-refractivity contribution in [3.63, 3.8) is 0 Å². The molecule has 3 aliphatic rings. The number of fused-ring (bicyclic) bond motifs is 1. The van der Waals surface area contributed by atoms with Crippen LogP contribution >= 0.6 is 0 Å². The van der Waals surface area contributed by atoms with Gasteiger partial charge in [0.25, 0.3) is 0 Å². The summed E-state index contributed by atoms with van der Waals surface area (Å²) in [4.78, 5) is 23.0. The summed E-state index contributed by atoms with van der Waals surface area (Å²) in [6.45, 7) is 5.68. The van der Waals surface area contributed by atoms with Gasteiger partial charge < -0.3 is 19.4 Å². The maximum Gasteiger partial charge on any atom is 0.230 e. The number of piperidine rings is 1. The van der Waals surface area contributed by atoms with Gasteiger partial charge in [-0.3, -0.25) is 9.19 Å². The van der Waals surface area contributed by atoms with E-state index in [-0.39, 0.29) is 17.9 Å². The lowest BCUT2D eigenvalue weighted by Gasteiger charge is -2.31. The lowest BCUT2D eigenvalue weighted by molar-refractivity contribution is 0.261. The van der Waals surface area contributed by atoms with E-state index in [1.807, 2.05) is 17.0 Å². The van der Waals surface area contributed by atoms with Crippen molar-refractivity contribution in [3.05, 3.63) is 36.1 Å². The third-order valence-corrected chi connectivity index (χ3v) is 8.36. The molecule has 34 heavy (non-hydrogen) atoms. The zero-order valence-corrected chi connectivity index (χ0v) is 20.0. The van der Waals surface area contributed by atoms with Crippen molar-refractivity contribution >= 4 is 22.6 Å². The van der Waals surface area contributed by atoms with Gasteiger partial charge in [0.1, 0.15) is 11.1 Å². The zero-order valence-electron chi connectivity index (χ0n) is 19.2. The molecule has 6 heterocycles. The molecule has 0 spiro atoms. The Morgan fingerprint density at radius 3 is 2.62 bits per heavy atom. The number of rotatable bonds is 5. The SMILES string of the molecule is CC(C)C1[C@@H](O)N1c1nc(N2CCC(c3nc(-c4ccncc4)no3)CC2)nc2c1S(=O)CC2. The highest BCUT2D eigenvalue weighted by molar-refractivity contribution is 7.85. The molecule has 3 aromatic rings. The first-order valence-corrected chi connectivity index (χ1v) is 13.1. The number of anilines is 2. The molecule has 2 unspecified atom stereocenters. The molecule has 6 rings (SSSR count). The molecule has 3 atom stereocenters. The maximum absolute atomic E-state index is 12.7. The summed E-state index contributed by atoms with van der Waals surface area (Å²) in [5, 5.41) is 14.6. The first kappa shape index (κ1) is 21.6. The van der Waals surface area contributed by atoms with Crippen LogP contribution < -0.4 is 9.80 Å². The number of hydrogen-bond acceptors (Lipinski definition) is 10. The molecule has 3 aliphatic heterocycles. The van der Waals surface area contributed by atoms with Crippen molar-refractivity contribution in [1.82, 2.24) is 25.1 Å². The van der Waals surface area contributed by atoms with Crippen LogP contribution in [-0.2, 0) is 17.2 Å². The summed E-state index contributed by atoms with van der Waals surface area (Å²) < 4.78 is 18.3. The van der Waals surface area contributed by atoms with E-state index < -0.39 is 17.0 Å². The molecule has 0 aliphatic carbocycles. The van der Waals surface area contributed by atoms with Crippen molar-refractivity contribution in [2.24, 2.45) is 5.92 Å². The summed E-state index contributed by atoms with van der Waals surface area (Å²) in [6.07, 6.45) is 5.22. The van der Waals surface area contributed by atoms with Crippen LogP contribution in [0.2, 0.25) is 0 Å². The first-order valence-electron chi connectivity index (χ1n) is 11.8. The van der Waals surface area contributed by atoms with Crippen LogP contribution in [0.5, 0.6) is 0 Å². The Kier molecular flexibility index (Phi) is 5.33. The summed E-state index contributed by atoms with van der Waals surface area (Å²) in [5.41, 5.74) is 1.73. The molecule has 2 fully saturated rings. The Balaban J connectivity index is 1.21. The molecule has 11 heteroatoms. The second kappa shape index (κ2) is 8.38. The number of aryl methyl sites for hydroxylation is 1. The number of aliphatic hydroxyl groups excluding tert-OH is 1. The van der Waals surface area contributed by atoms with Gasteiger partial charge in [0, 0.05) is 49.1 Å². The minimum Gasteiger partial charge on any atom is -0.371 e. The molecule has 0 aromatic carbocycles. The third kappa shape index (κ3) is 3.67. The van der Waals surface area contributed by atoms with Gasteiger partial charge in [-0.1, -0.05) is 19.0 Å². The number of aromatic nitrogens is 5. The monoisotopic (exact) mass is 481 g/mol. The smallest absolute Gasteiger partial charge is 0.230 e. The molecule has 0 saturated carbocycles. The zero-order chi connectivity index (χ0) is 23.4. The van der Waals surface area contributed by atoms with E-state index in [9.17, 15) is 9.32 Å². The molecule has 0 radical (unpaired) electrons. The van der Waals surface area contributed by atoms with E-state index in [2.05, 4.69) is 33.9 Å². The van der Waals surface area contributed by atoms with Crippen molar-refractivity contribution in [2.45, 2.75) is 56.2 Å². The third-order valence-electron chi connectivity index (χ3n) is 6.91. The molecular formula is C23H27N7O3S. The summed E-state index contributed by atoms with van der Waals surface area (Å²) in [5.74, 6) is 3.55. The number of hydrogen-bond donors (Lipinski definition) is 1. The Bertz CT molecular complexity index is 1230. The van der Waals surface area contributed by atoms with Crippen LogP contribution in [0, 0.1) is 5.92 Å². The summed E-state index contributed by atoms with van der Waals surface area (Å²) in [6, 6.07) is 3.73. The molecule has 0 amide bonds. The van der Waals surface area contributed by atoms with Gasteiger partial charge in [0.2, 0.25) is 17.7 Å². The van der Waals surface area contributed by atoms with Gasteiger partial charge in [-0.2, -0.15) is 9.97 Å². The van der Waals surface area contributed by atoms with E-state index in [0.717, 1.165) is 37.2 Å². The van der Waals surface area contributed by atoms with Crippen LogP contribution in [0.4, 0.5) is 11.8 Å². The second-order valence-electron chi connectivity index (χ2n) is 9.43. The van der Waals surface area contributed by atoms with Gasteiger partial charge in [-0.15, -0.1) is 0 Å². The molecule has 0 bridgehead atoms. The average Bonchev–Trinajstić information content (AvgIpc) is 3.16. The Hall–Kier alpha value is -2.92. The summed E-state index contributed by atoms with van der Waals surface area (Å²) in [7, 11) is -1.12. The molecule has 3 aromatic heterocycles. The van der Waals surface area contributed by atoms with Crippen molar-refractivity contribution in [3.8, 4) is 11.4 Å². The Labute approximate surface area is 199 Å². The highest BCUT2D eigenvalue weighted by atomic mass is 32.2. The summed E-state index contributed by atoms with van der Waals surface area (Å²) >= 11 is 0. The van der Waals surface area contributed by atoms with Crippen molar-refractivity contribution in [1.29, 1.82) is 0 Å². The average molecular weight is 482 g/mol. The van der Waals surface area contributed by atoms with Gasteiger partial charge in [-0.05, 0) is 30.9 Å². The van der Waals surface area contributed by atoms with Gasteiger partial charge in [0.05, 0.1) is 22.5 Å². The number of nitrogens with zero attached hydrogens (tertiary/aromatic N) is 7. The van der Waals surface area contributed by atoms with E-state index in [1.165, 1.54) is 0 Å². The highest BCUT2D eigenvalue weighted by Crippen LogP contribution is 2.43. The van der Waals surface area contributed by atoms with Gasteiger partial charge in [0.15, 0.2) is 5.82 Å². The van der Waals surface area contributed by atoms with Crippen molar-refractivity contribution in [2.75, 3.05) is 28.6 Å². The lowest BCUT2D eigenvalue weighted by atomic mass is 9.97. The van der Waals surface area contributed by atoms with Gasteiger partial charge in [-0.25, -0.2) is 4.98 Å². The van der Waals surface area contributed by atoms with E-state index >= 15 is 0 Å². The molecular weight excluding hydrogens is 454 g/mol. The largest absolute Gasteiger partial charge is 0.371 e. The maximum atomic E-state index is 12.7. The van der Waals surface area contributed by atoms with Crippen LogP contribution in [-0.4, -0.2) is 65.5 Å². The standard InChI is InChI=1S/C23H27N7O3S/c1-13(2)17-22(31)30(17)20-18-16(7-12-34(18)32)25-23(27-20)29-10-5-15(6-11-29)21-26-19(28-33-21)14-3-8-24-9-4-14/h3-4,8-9,13,15,17,22,31H,5-7,10-12H2,1-2H3/t17?,22-,30?,34?/m1/s1. The Morgan fingerprint density at radius 1 is 1.15 bits per heavy atom.